The molecule has 144 valence electrons. The molecule has 1 aromatic rings. The van der Waals surface area contributed by atoms with Crippen molar-refractivity contribution in [1.82, 2.24) is 14.5 Å². The number of nitrogens with zero attached hydrogens (tertiary/aromatic N) is 2. The maximum absolute atomic E-state index is 12.6. The Bertz CT molecular complexity index is 732. The maximum Gasteiger partial charge on any atom is 0.253 e. The summed E-state index contributed by atoms with van der Waals surface area (Å²) in [7, 11) is -1.98. The third kappa shape index (κ3) is 4.62. The largest absolute Gasteiger partial charge is 0.380 e. The monoisotopic (exact) mass is 381 g/mol. The highest BCUT2D eigenvalue weighted by atomic mass is 32.2. The molecule has 1 amide bonds. The van der Waals surface area contributed by atoms with Gasteiger partial charge in [-0.1, -0.05) is 6.07 Å². The first kappa shape index (κ1) is 19.3. The van der Waals surface area contributed by atoms with Crippen LogP contribution in [-0.4, -0.2) is 76.6 Å². The Balaban J connectivity index is 1.62. The van der Waals surface area contributed by atoms with E-state index >= 15 is 0 Å². The summed E-state index contributed by atoms with van der Waals surface area (Å²) >= 11 is 0. The molecule has 2 heterocycles. The highest BCUT2D eigenvalue weighted by Crippen LogP contribution is 2.18. The smallest absolute Gasteiger partial charge is 0.253 e. The molecular weight excluding hydrogens is 354 g/mol. The standard InChI is InChI=1S/C18H27N3O4S/c1-25-16-7-11-21(14-16)18(22)15-5-4-6-17(13-15)26(23,24)19-8-12-20-9-2-3-10-20/h4-6,13,16,19H,2-3,7-12,14H2,1H3/t16-/m0/s1. The fraction of sp³-hybridized carbons (Fsp3) is 0.611. The number of likely N-dealkylation sites (tertiary alicyclic amines) is 2. The Morgan fingerprint density at radius 3 is 2.73 bits per heavy atom. The van der Waals surface area contributed by atoms with Crippen LogP contribution in [0, 0.1) is 0 Å². The second kappa shape index (κ2) is 8.47. The summed E-state index contributed by atoms with van der Waals surface area (Å²) in [6.07, 6.45) is 3.21. The summed E-state index contributed by atoms with van der Waals surface area (Å²) in [6, 6.07) is 6.26. The lowest BCUT2D eigenvalue weighted by Gasteiger charge is -2.17. The van der Waals surface area contributed by atoms with Crippen molar-refractivity contribution in [3.63, 3.8) is 0 Å². The Hall–Kier alpha value is -1.48. The number of rotatable bonds is 7. The molecule has 0 unspecified atom stereocenters. The molecule has 0 spiro atoms. The summed E-state index contributed by atoms with van der Waals surface area (Å²) in [5.41, 5.74) is 0.393. The second-order valence-electron chi connectivity index (χ2n) is 6.87. The van der Waals surface area contributed by atoms with Gasteiger partial charge in [0.15, 0.2) is 0 Å². The van der Waals surface area contributed by atoms with E-state index in [2.05, 4.69) is 9.62 Å². The fourth-order valence-electron chi connectivity index (χ4n) is 3.51. The quantitative estimate of drug-likeness (QED) is 0.760. The van der Waals surface area contributed by atoms with Gasteiger partial charge in [0.1, 0.15) is 0 Å². The van der Waals surface area contributed by atoms with E-state index in [1.165, 1.54) is 25.0 Å². The first-order chi connectivity index (χ1) is 12.5. The number of benzene rings is 1. The van der Waals surface area contributed by atoms with Crippen LogP contribution < -0.4 is 4.72 Å². The topological polar surface area (TPSA) is 78.9 Å². The predicted molar refractivity (Wildman–Crippen MR) is 98.6 cm³/mol. The van der Waals surface area contributed by atoms with Crippen LogP contribution in [-0.2, 0) is 14.8 Å². The van der Waals surface area contributed by atoms with Gasteiger partial charge >= 0.3 is 0 Å². The molecule has 1 atom stereocenters. The van der Waals surface area contributed by atoms with E-state index < -0.39 is 10.0 Å². The maximum atomic E-state index is 12.6. The van der Waals surface area contributed by atoms with Gasteiger partial charge in [-0.3, -0.25) is 4.79 Å². The van der Waals surface area contributed by atoms with Crippen LogP contribution in [0.1, 0.15) is 29.6 Å². The van der Waals surface area contributed by atoms with Crippen LogP contribution in [0.25, 0.3) is 0 Å². The zero-order valence-electron chi connectivity index (χ0n) is 15.2. The third-order valence-electron chi connectivity index (χ3n) is 5.08. The molecule has 0 bridgehead atoms. The Morgan fingerprint density at radius 1 is 1.27 bits per heavy atom. The first-order valence-electron chi connectivity index (χ1n) is 9.14. The van der Waals surface area contributed by atoms with Crippen molar-refractivity contribution < 1.29 is 17.9 Å². The number of carbonyl (C=O) groups excluding carboxylic acids is 1. The zero-order valence-corrected chi connectivity index (χ0v) is 16.0. The zero-order chi connectivity index (χ0) is 18.6. The number of hydrogen-bond donors (Lipinski definition) is 1. The van der Waals surface area contributed by atoms with Crippen molar-refractivity contribution in [3.8, 4) is 0 Å². The van der Waals surface area contributed by atoms with Crippen LogP contribution in [0.2, 0.25) is 0 Å². The number of amides is 1. The van der Waals surface area contributed by atoms with Crippen LogP contribution >= 0.6 is 0 Å². The van der Waals surface area contributed by atoms with Crippen molar-refractivity contribution in [2.24, 2.45) is 0 Å². The average molecular weight is 381 g/mol. The normalized spacial score (nSPS) is 21.4. The molecule has 2 aliphatic rings. The molecule has 7 nitrogen and oxygen atoms in total. The van der Waals surface area contributed by atoms with Crippen molar-refractivity contribution in [3.05, 3.63) is 29.8 Å². The molecule has 8 heteroatoms. The molecule has 2 saturated heterocycles. The van der Waals surface area contributed by atoms with Crippen LogP contribution in [0.4, 0.5) is 0 Å². The summed E-state index contributed by atoms with van der Waals surface area (Å²) in [5.74, 6) is -0.154. The highest BCUT2D eigenvalue weighted by molar-refractivity contribution is 7.89. The Labute approximate surface area is 155 Å². The lowest BCUT2D eigenvalue weighted by Crippen LogP contribution is -2.34. The minimum Gasteiger partial charge on any atom is -0.380 e. The van der Waals surface area contributed by atoms with Gasteiger partial charge in [0.25, 0.3) is 5.91 Å². The number of nitrogens with one attached hydrogen (secondary N) is 1. The average Bonchev–Trinajstić information content (AvgIpc) is 3.33. The summed E-state index contributed by atoms with van der Waals surface area (Å²) in [4.78, 5) is 16.7. The van der Waals surface area contributed by atoms with E-state index in [1.54, 1.807) is 24.1 Å². The van der Waals surface area contributed by atoms with Crippen molar-refractivity contribution in [1.29, 1.82) is 0 Å². The van der Waals surface area contributed by atoms with E-state index in [0.717, 1.165) is 19.5 Å². The molecule has 1 N–H and O–H groups in total. The van der Waals surface area contributed by atoms with E-state index in [-0.39, 0.29) is 16.9 Å². The van der Waals surface area contributed by atoms with Gasteiger partial charge < -0.3 is 14.5 Å². The number of sulfonamides is 1. The van der Waals surface area contributed by atoms with Crippen LogP contribution in [0.3, 0.4) is 0 Å². The number of ether oxygens (including phenoxy) is 1. The van der Waals surface area contributed by atoms with Crippen LogP contribution in [0.15, 0.2) is 29.2 Å². The minimum absolute atomic E-state index is 0.0538. The lowest BCUT2D eigenvalue weighted by molar-refractivity contribution is 0.0724. The van der Waals surface area contributed by atoms with Crippen molar-refractivity contribution >= 4 is 15.9 Å². The van der Waals surface area contributed by atoms with Crippen molar-refractivity contribution in [2.75, 3.05) is 46.4 Å². The molecule has 0 aromatic heterocycles. The van der Waals surface area contributed by atoms with E-state index in [9.17, 15) is 13.2 Å². The van der Waals surface area contributed by atoms with E-state index in [0.29, 0.717) is 31.7 Å². The van der Waals surface area contributed by atoms with Gasteiger partial charge in [-0.2, -0.15) is 0 Å². The molecule has 26 heavy (non-hydrogen) atoms. The fourth-order valence-corrected chi connectivity index (χ4v) is 4.58. The summed E-state index contributed by atoms with van der Waals surface area (Å²) in [5, 5.41) is 0. The molecule has 0 saturated carbocycles. The van der Waals surface area contributed by atoms with Gasteiger partial charge in [0, 0.05) is 38.9 Å². The second-order valence-corrected chi connectivity index (χ2v) is 8.64. The van der Waals surface area contributed by atoms with E-state index in [4.69, 9.17) is 4.74 Å². The molecule has 0 radical (unpaired) electrons. The predicted octanol–water partition coefficient (Wildman–Crippen LogP) is 0.922. The SMILES string of the molecule is CO[C@H]1CCN(C(=O)c2cccc(S(=O)(=O)NCCN3CCCC3)c2)C1. The number of carbonyl (C=O) groups is 1. The molecule has 1 aromatic carbocycles. The lowest BCUT2D eigenvalue weighted by atomic mass is 10.2. The summed E-state index contributed by atoms with van der Waals surface area (Å²) < 4.78 is 33.0. The van der Waals surface area contributed by atoms with E-state index in [1.807, 2.05) is 0 Å². The molecule has 2 fully saturated rings. The summed E-state index contributed by atoms with van der Waals surface area (Å²) in [6.45, 7) is 4.32. The first-order valence-corrected chi connectivity index (χ1v) is 10.6. The third-order valence-corrected chi connectivity index (χ3v) is 6.53. The number of methoxy groups -OCH3 is 1. The Kier molecular flexibility index (Phi) is 6.29. The van der Waals surface area contributed by atoms with Crippen molar-refractivity contribution in [2.45, 2.75) is 30.3 Å². The molecule has 3 rings (SSSR count). The molecular formula is C18H27N3O4S. The highest BCUT2D eigenvalue weighted by Gasteiger charge is 2.27. The Morgan fingerprint density at radius 2 is 2.04 bits per heavy atom. The molecule has 2 aliphatic heterocycles. The van der Waals surface area contributed by atoms with Gasteiger partial charge in [0.2, 0.25) is 10.0 Å². The van der Waals surface area contributed by atoms with Gasteiger partial charge in [-0.05, 0) is 50.6 Å². The number of hydrogen-bond acceptors (Lipinski definition) is 5. The van der Waals surface area contributed by atoms with Crippen LogP contribution in [0.5, 0.6) is 0 Å². The van der Waals surface area contributed by atoms with Gasteiger partial charge in [-0.15, -0.1) is 0 Å². The van der Waals surface area contributed by atoms with Gasteiger partial charge in [0.05, 0.1) is 11.0 Å². The van der Waals surface area contributed by atoms with Gasteiger partial charge in [-0.25, -0.2) is 13.1 Å². The minimum atomic E-state index is -3.62. The molecule has 0 aliphatic carbocycles.